The summed E-state index contributed by atoms with van der Waals surface area (Å²) in [6, 6.07) is 7.60. The second-order valence-corrected chi connectivity index (χ2v) is 3.65. The number of aldehydes is 1. The Bertz CT molecular complexity index is 542. The summed E-state index contributed by atoms with van der Waals surface area (Å²) in [6.45, 7) is 0.687. The lowest BCUT2D eigenvalue weighted by Crippen LogP contribution is -2.10. The molecule has 0 aliphatic carbocycles. The van der Waals surface area contributed by atoms with E-state index in [2.05, 4.69) is 0 Å². The number of aromatic nitrogens is 1. The zero-order valence-corrected chi connectivity index (χ0v) is 8.81. The third-order valence-corrected chi connectivity index (χ3v) is 2.57. The van der Waals surface area contributed by atoms with E-state index >= 15 is 0 Å². The first-order chi connectivity index (χ1) is 7.72. The van der Waals surface area contributed by atoms with Crippen molar-refractivity contribution in [2.24, 2.45) is 5.73 Å². The van der Waals surface area contributed by atoms with Crippen LogP contribution in [-0.2, 0) is 11.3 Å². The number of nitrogens with two attached hydrogens (primary N) is 1. The topological polar surface area (TPSA) is 71.9 Å². The van der Waals surface area contributed by atoms with Crippen LogP contribution >= 0.6 is 0 Å². The fourth-order valence-corrected chi connectivity index (χ4v) is 1.75. The van der Waals surface area contributed by atoms with Crippen molar-refractivity contribution in [3.63, 3.8) is 0 Å². The van der Waals surface area contributed by atoms with Crippen LogP contribution in [0.1, 0.15) is 12.0 Å². The zero-order valence-electron chi connectivity index (χ0n) is 8.81. The van der Waals surface area contributed by atoms with E-state index < -0.39 is 0 Å². The lowest BCUT2D eigenvalue weighted by atomic mass is 10.1. The average molecular weight is 215 g/mol. The molecule has 2 aromatic rings. The number of hydrogen-bond acceptors (Lipinski definition) is 2. The minimum absolute atomic E-state index is 0.0718. The maximum absolute atomic E-state index is 10.3. The molecule has 16 heavy (non-hydrogen) atoms. The van der Waals surface area contributed by atoms with Crippen LogP contribution < -0.4 is 5.73 Å². The van der Waals surface area contributed by atoms with Crippen LogP contribution in [0, 0.1) is 5.41 Å². The van der Waals surface area contributed by atoms with E-state index in [1.165, 1.54) is 0 Å². The van der Waals surface area contributed by atoms with Gasteiger partial charge in [0.15, 0.2) is 0 Å². The smallest absolute Gasteiger partial charge is 0.122 e. The van der Waals surface area contributed by atoms with Crippen molar-refractivity contribution in [1.29, 1.82) is 5.41 Å². The molecule has 0 spiro atoms. The molecule has 4 heteroatoms. The van der Waals surface area contributed by atoms with Gasteiger partial charge in [-0.3, -0.25) is 5.41 Å². The van der Waals surface area contributed by atoms with E-state index in [0.29, 0.717) is 13.0 Å². The summed E-state index contributed by atoms with van der Waals surface area (Å²) in [4.78, 5) is 10.3. The summed E-state index contributed by atoms with van der Waals surface area (Å²) in [5.74, 6) is 0.0718. The predicted octanol–water partition coefficient (Wildman–Crippen LogP) is 1.51. The van der Waals surface area contributed by atoms with Crippen molar-refractivity contribution in [3.05, 3.63) is 36.0 Å². The molecule has 4 nitrogen and oxygen atoms in total. The number of amidine groups is 1. The van der Waals surface area contributed by atoms with Crippen molar-refractivity contribution >= 4 is 23.0 Å². The highest BCUT2D eigenvalue weighted by Crippen LogP contribution is 2.17. The molecule has 1 heterocycles. The van der Waals surface area contributed by atoms with E-state index in [0.717, 1.165) is 22.8 Å². The lowest BCUT2D eigenvalue weighted by Gasteiger charge is -2.03. The predicted molar refractivity (Wildman–Crippen MR) is 63.6 cm³/mol. The first-order valence-corrected chi connectivity index (χ1v) is 5.09. The van der Waals surface area contributed by atoms with Gasteiger partial charge in [0.25, 0.3) is 0 Å². The molecular weight excluding hydrogens is 202 g/mol. The lowest BCUT2D eigenvalue weighted by molar-refractivity contribution is -0.108. The molecule has 0 aliphatic rings. The number of nitrogens with one attached hydrogen (secondary N) is 1. The fraction of sp³-hybridized carbons (Fsp3) is 0.167. The van der Waals surface area contributed by atoms with Gasteiger partial charge in [-0.25, -0.2) is 0 Å². The third-order valence-electron chi connectivity index (χ3n) is 2.57. The first kappa shape index (κ1) is 10.4. The van der Waals surface area contributed by atoms with Crippen LogP contribution in [0.15, 0.2) is 30.5 Å². The van der Waals surface area contributed by atoms with E-state index in [-0.39, 0.29) is 5.84 Å². The van der Waals surface area contributed by atoms with Gasteiger partial charge in [0, 0.05) is 35.6 Å². The van der Waals surface area contributed by atoms with Crippen molar-refractivity contribution in [2.45, 2.75) is 13.0 Å². The molecule has 0 saturated carbocycles. The number of fused-ring (bicyclic) bond motifs is 1. The van der Waals surface area contributed by atoms with Crippen LogP contribution in [0.5, 0.6) is 0 Å². The summed E-state index contributed by atoms with van der Waals surface area (Å²) in [7, 11) is 0. The molecular formula is C12H13N3O. The minimum Gasteiger partial charge on any atom is -0.384 e. The molecule has 0 aliphatic heterocycles. The standard InChI is InChI=1S/C12H13N3O/c13-12(14)10-2-3-11-9(8-10)4-6-15(11)5-1-7-16/h2-4,6-8H,1,5H2,(H3,13,14). The summed E-state index contributed by atoms with van der Waals surface area (Å²) in [5.41, 5.74) is 7.21. The molecule has 0 bridgehead atoms. The quantitative estimate of drug-likeness (QED) is 0.461. The summed E-state index contributed by atoms with van der Waals surface area (Å²) in [6.07, 6.45) is 3.37. The van der Waals surface area contributed by atoms with E-state index in [4.69, 9.17) is 11.1 Å². The van der Waals surface area contributed by atoms with Crippen molar-refractivity contribution < 1.29 is 4.79 Å². The SMILES string of the molecule is N=C(N)c1ccc2c(ccn2CCC=O)c1. The maximum Gasteiger partial charge on any atom is 0.122 e. The molecule has 1 aromatic heterocycles. The summed E-state index contributed by atoms with van der Waals surface area (Å²) < 4.78 is 2.02. The van der Waals surface area contributed by atoms with Crippen LogP contribution in [0.3, 0.4) is 0 Å². The molecule has 0 amide bonds. The molecule has 3 N–H and O–H groups in total. The largest absolute Gasteiger partial charge is 0.384 e. The number of nitrogens with zero attached hydrogens (tertiary/aromatic N) is 1. The number of nitrogen functional groups attached to an aromatic ring is 1. The highest BCUT2D eigenvalue weighted by atomic mass is 16.1. The number of rotatable bonds is 4. The molecule has 82 valence electrons. The fourth-order valence-electron chi connectivity index (χ4n) is 1.75. The van der Waals surface area contributed by atoms with E-state index in [1.54, 1.807) is 0 Å². The molecule has 0 radical (unpaired) electrons. The molecule has 0 fully saturated rings. The van der Waals surface area contributed by atoms with Gasteiger partial charge in [-0.15, -0.1) is 0 Å². The van der Waals surface area contributed by atoms with Gasteiger partial charge in [0.1, 0.15) is 12.1 Å². The Morgan fingerprint density at radius 1 is 1.44 bits per heavy atom. The van der Waals surface area contributed by atoms with Crippen molar-refractivity contribution in [2.75, 3.05) is 0 Å². The Balaban J connectivity index is 2.42. The second kappa shape index (κ2) is 4.18. The Morgan fingerprint density at radius 3 is 2.94 bits per heavy atom. The molecule has 0 atom stereocenters. The van der Waals surface area contributed by atoms with Gasteiger partial charge in [0.05, 0.1) is 0 Å². The first-order valence-electron chi connectivity index (χ1n) is 5.09. The van der Waals surface area contributed by atoms with Crippen LogP contribution in [0.25, 0.3) is 10.9 Å². The van der Waals surface area contributed by atoms with Gasteiger partial charge >= 0.3 is 0 Å². The van der Waals surface area contributed by atoms with Gasteiger partial charge in [-0.05, 0) is 24.3 Å². The summed E-state index contributed by atoms with van der Waals surface area (Å²) in [5, 5.41) is 8.39. The van der Waals surface area contributed by atoms with Gasteiger partial charge in [-0.2, -0.15) is 0 Å². The molecule has 0 saturated heterocycles. The van der Waals surface area contributed by atoms with Crippen molar-refractivity contribution in [3.8, 4) is 0 Å². The molecule has 2 rings (SSSR count). The van der Waals surface area contributed by atoms with Crippen LogP contribution in [-0.4, -0.2) is 16.7 Å². The third kappa shape index (κ3) is 1.82. The maximum atomic E-state index is 10.3. The summed E-state index contributed by atoms with van der Waals surface area (Å²) >= 11 is 0. The highest BCUT2D eigenvalue weighted by molar-refractivity contribution is 5.98. The molecule has 1 aromatic carbocycles. The Labute approximate surface area is 93.2 Å². The Hall–Kier alpha value is -2.10. The van der Waals surface area contributed by atoms with E-state index in [9.17, 15) is 4.79 Å². The second-order valence-electron chi connectivity index (χ2n) is 3.65. The normalized spacial score (nSPS) is 10.5. The number of aryl methyl sites for hydroxylation is 1. The number of carbonyl (C=O) groups excluding carboxylic acids is 1. The minimum atomic E-state index is 0.0718. The van der Waals surface area contributed by atoms with Crippen molar-refractivity contribution in [1.82, 2.24) is 4.57 Å². The van der Waals surface area contributed by atoms with Gasteiger partial charge < -0.3 is 15.1 Å². The number of benzene rings is 1. The average Bonchev–Trinajstić information content (AvgIpc) is 2.68. The van der Waals surface area contributed by atoms with E-state index in [1.807, 2.05) is 35.0 Å². The highest BCUT2D eigenvalue weighted by Gasteiger charge is 2.03. The van der Waals surface area contributed by atoms with Gasteiger partial charge in [-0.1, -0.05) is 0 Å². The molecule has 0 unspecified atom stereocenters. The number of hydrogen-bond donors (Lipinski definition) is 2. The Kier molecular flexibility index (Phi) is 2.72. The monoisotopic (exact) mass is 215 g/mol. The Morgan fingerprint density at radius 2 is 2.25 bits per heavy atom. The number of carbonyl (C=O) groups is 1. The van der Waals surface area contributed by atoms with Crippen LogP contribution in [0.2, 0.25) is 0 Å². The van der Waals surface area contributed by atoms with Gasteiger partial charge in [0.2, 0.25) is 0 Å². The zero-order chi connectivity index (χ0) is 11.5. The van der Waals surface area contributed by atoms with Crippen LogP contribution in [0.4, 0.5) is 0 Å².